The summed E-state index contributed by atoms with van der Waals surface area (Å²) < 4.78 is 5.73. The average Bonchev–Trinajstić information content (AvgIpc) is 3.10. The van der Waals surface area contributed by atoms with Gasteiger partial charge in [0, 0.05) is 17.9 Å². The van der Waals surface area contributed by atoms with E-state index < -0.39 is 0 Å². The zero-order valence-corrected chi connectivity index (χ0v) is 17.2. The van der Waals surface area contributed by atoms with E-state index in [0.29, 0.717) is 24.6 Å². The van der Waals surface area contributed by atoms with Crippen molar-refractivity contribution in [2.45, 2.75) is 32.6 Å². The molecule has 5 nitrogen and oxygen atoms in total. The van der Waals surface area contributed by atoms with E-state index in [-0.39, 0.29) is 5.91 Å². The van der Waals surface area contributed by atoms with Crippen LogP contribution in [0.1, 0.15) is 29.0 Å². The third-order valence-electron chi connectivity index (χ3n) is 4.07. The molecule has 1 N–H and O–H groups in total. The largest absolute Gasteiger partial charge is 0.493 e. The van der Waals surface area contributed by atoms with Gasteiger partial charge in [0.25, 0.3) is 0 Å². The van der Waals surface area contributed by atoms with Gasteiger partial charge in [-0.2, -0.15) is 0 Å². The normalized spacial score (nSPS) is 10.6. The highest BCUT2D eigenvalue weighted by molar-refractivity contribution is 7.15. The van der Waals surface area contributed by atoms with Crippen molar-refractivity contribution >= 4 is 34.0 Å². The van der Waals surface area contributed by atoms with Gasteiger partial charge >= 0.3 is 0 Å². The molecule has 3 aromatic rings. The van der Waals surface area contributed by atoms with Crippen LogP contribution in [0.4, 0.5) is 5.13 Å². The topological polar surface area (TPSA) is 64.1 Å². The molecule has 0 spiro atoms. The standard InChI is InChI=1S/C21H22ClN3O2S/c1-15-4-2-6-18(14-15)27-13-12-20-24-25-21(28-20)23-19(26)7-3-5-16-8-10-17(22)11-9-16/h2,4,6,8-11,14H,3,5,7,12-13H2,1H3,(H,23,25,26). The van der Waals surface area contributed by atoms with Gasteiger partial charge in [-0.1, -0.05) is 47.2 Å². The van der Waals surface area contributed by atoms with Crippen molar-refractivity contribution in [1.29, 1.82) is 0 Å². The second-order valence-electron chi connectivity index (χ2n) is 6.44. The number of hydrogen-bond acceptors (Lipinski definition) is 5. The maximum absolute atomic E-state index is 12.1. The lowest BCUT2D eigenvalue weighted by Gasteiger charge is -2.05. The average molecular weight is 416 g/mol. The third kappa shape index (κ3) is 6.62. The summed E-state index contributed by atoms with van der Waals surface area (Å²) >= 11 is 7.26. The molecule has 7 heteroatoms. The fraction of sp³-hybridized carbons (Fsp3) is 0.286. The van der Waals surface area contributed by atoms with Gasteiger partial charge in [-0.05, 0) is 55.2 Å². The zero-order chi connectivity index (χ0) is 19.8. The molecule has 1 amide bonds. The number of carbonyl (C=O) groups excluding carboxylic acids is 1. The van der Waals surface area contributed by atoms with Crippen molar-refractivity contribution in [2.75, 3.05) is 11.9 Å². The highest BCUT2D eigenvalue weighted by Crippen LogP contribution is 2.18. The van der Waals surface area contributed by atoms with Crippen LogP contribution in [0.3, 0.4) is 0 Å². The van der Waals surface area contributed by atoms with Crippen molar-refractivity contribution < 1.29 is 9.53 Å². The quantitative estimate of drug-likeness (QED) is 0.529. The van der Waals surface area contributed by atoms with Crippen molar-refractivity contribution in [1.82, 2.24) is 10.2 Å². The minimum atomic E-state index is -0.0484. The van der Waals surface area contributed by atoms with Crippen molar-refractivity contribution in [3.63, 3.8) is 0 Å². The molecule has 0 bridgehead atoms. The van der Waals surface area contributed by atoms with Gasteiger partial charge in [0.1, 0.15) is 10.8 Å². The first-order chi connectivity index (χ1) is 13.6. The molecule has 0 aliphatic carbocycles. The molecule has 0 radical (unpaired) electrons. The number of halogens is 1. The zero-order valence-electron chi connectivity index (χ0n) is 15.7. The van der Waals surface area contributed by atoms with E-state index in [2.05, 4.69) is 15.5 Å². The molecule has 1 heterocycles. The number of aryl methyl sites for hydroxylation is 2. The molecular formula is C21H22ClN3O2S. The highest BCUT2D eigenvalue weighted by Gasteiger charge is 2.09. The molecule has 0 aliphatic heterocycles. The van der Waals surface area contributed by atoms with Gasteiger partial charge in [-0.15, -0.1) is 10.2 Å². The van der Waals surface area contributed by atoms with Crippen LogP contribution in [0.25, 0.3) is 0 Å². The number of benzene rings is 2. The van der Waals surface area contributed by atoms with Gasteiger partial charge in [-0.3, -0.25) is 4.79 Å². The van der Waals surface area contributed by atoms with Gasteiger partial charge in [0.05, 0.1) is 6.61 Å². The van der Waals surface area contributed by atoms with Crippen LogP contribution in [0, 0.1) is 6.92 Å². The van der Waals surface area contributed by atoms with E-state index in [1.807, 2.05) is 55.5 Å². The minimum absolute atomic E-state index is 0.0484. The summed E-state index contributed by atoms with van der Waals surface area (Å²) in [6.45, 7) is 2.55. The molecule has 146 valence electrons. The molecule has 28 heavy (non-hydrogen) atoms. The first-order valence-corrected chi connectivity index (χ1v) is 10.3. The number of ether oxygens (including phenoxy) is 1. The number of nitrogens with one attached hydrogen (secondary N) is 1. The molecule has 0 fully saturated rings. The van der Waals surface area contributed by atoms with Crippen LogP contribution in [-0.4, -0.2) is 22.7 Å². The smallest absolute Gasteiger partial charge is 0.226 e. The first-order valence-electron chi connectivity index (χ1n) is 9.14. The second-order valence-corrected chi connectivity index (χ2v) is 7.94. The maximum atomic E-state index is 12.1. The lowest BCUT2D eigenvalue weighted by molar-refractivity contribution is -0.116. The summed E-state index contributed by atoms with van der Waals surface area (Å²) in [4.78, 5) is 12.1. The van der Waals surface area contributed by atoms with Crippen LogP contribution < -0.4 is 10.1 Å². The Morgan fingerprint density at radius 2 is 1.96 bits per heavy atom. The van der Waals surface area contributed by atoms with E-state index in [0.717, 1.165) is 34.2 Å². The number of carbonyl (C=O) groups is 1. The van der Waals surface area contributed by atoms with Gasteiger partial charge in [-0.25, -0.2) is 0 Å². The fourth-order valence-corrected chi connectivity index (χ4v) is 3.52. The number of rotatable bonds is 9. The van der Waals surface area contributed by atoms with E-state index in [1.165, 1.54) is 16.9 Å². The number of amides is 1. The van der Waals surface area contributed by atoms with Crippen molar-refractivity contribution in [3.05, 3.63) is 69.7 Å². The minimum Gasteiger partial charge on any atom is -0.493 e. The Hall–Kier alpha value is -2.44. The van der Waals surface area contributed by atoms with E-state index in [1.54, 1.807) is 0 Å². The van der Waals surface area contributed by atoms with Crippen LogP contribution >= 0.6 is 22.9 Å². The summed E-state index contributed by atoms with van der Waals surface area (Å²) in [7, 11) is 0. The molecule has 0 unspecified atom stereocenters. The SMILES string of the molecule is Cc1cccc(OCCc2nnc(NC(=O)CCCc3ccc(Cl)cc3)s2)c1. The Labute approximate surface area is 173 Å². The second kappa shape index (κ2) is 10.2. The molecule has 3 rings (SSSR count). The van der Waals surface area contributed by atoms with Crippen LogP contribution in [0.2, 0.25) is 5.02 Å². The summed E-state index contributed by atoms with van der Waals surface area (Å²) in [5.74, 6) is 0.798. The van der Waals surface area contributed by atoms with Gasteiger partial charge < -0.3 is 10.1 Å². The summed E-state index contributed by atoms with van der Waals surface area (Å²) in [5, 5.41) is 13.1. The molecular weight excluding hydrogens is 394 g/mol. The van der Waals surface area contributed by atoms with Gasteiger partial charge in [0.2, 0.25) is 11.0 Å². The lowest BCUT2D eigenvalue weighted by atomic mass is 10.1. The van der Waals surface area contributed by atoms with Crippen molar-refractivity contribution in [3.8, 4) is 5.75 Å². The Balaban J connectivity index is 1.37. The number of anilines is 1. The fourth-order valence-electron chi connectivity index (χ4n) is 2.65. The predicted octanol–water partition coefficient (Wildman–Crippen LogP) is 5.08. The van der Waals surface area contributed by atoms with E-state index in [9.17, 15) is 4.79 Å². The summed E-state index contributed by atoms with van der Waals surface area (Å²) in [6.07, 6.45) is 2.69. The van der Waals surface area contributed by atoms with Gasteiger partial charge in [0.15, 0.2) is 0 Å². The Morgan fingerprint density at radius 1 is 1.14 bits per heavy atom. The number of hydrogen-bond donors (Lipinski definition) is 1. The molecule has 0 saturated carbocycles. The number of nitrogens with zero attached hydrogens (tertiary/aromatic N) is 2. The van der Waals surface area contributed by atoms with Crippen molar-refractivity contribution in [2.24, 2.45) is 0 Å². The lowest BCUT2D eigenvalue weighted by Crippen LogP contribution is -2.11. The maximum Gasteiger partial charge on any atom is 0.226 e. The Kier molecular flexibility index (Phi) is 7.39. The molecule has 0 saturated heterocycles. The summed E-state index contributed by atoms with van der Waals surface area (Å²) in [6, 6.07) is 15.6. The molecule has 0 aliphatic rings. The molecule has 1 aromatic heterocycles. The number of aromatic nitrogens is 2. The third-order valence-corrected chi connectivity index (χ3v) is 5.22. The Bertz CT molecular complexity index is 912. The molecule has 2 aromatic carbocycles. The first kappa shape index (κ1) is 20.3. The summed E-state index contributed by atoms with van der Waals surface area (Å²) in [5.41, 5.74) is 2.33. The monoisotopic (exact) mass is 415 g/mol. The van der Waals surface area contributed by atoms with Crippen LogP contribution in [0.5, 0.6) is 5.75 Å². The highest BCUT2D eigenvalue weighted by atomic mass is 35.5. The van der Waals surface area contributed by atoms with Crippen LogP contribution in [0.15, 0.2) is 48.5 Å². The predicted molar refractivity (Wildman–Crippen MR) is 113 cm³/mol. The van der Waals surface area contributed by atoms with Crippen LogP contribution in [-0.2, 0) is 17.6 Å². The molecule has 0 atom stereocenters. The Morgan fingerprint density at radius 3 is 2.75 bits per heavy atom. The van der Waals surface area contributed by atoms with E-state index >= 15 is 0 Å². The van der Waals surface area contributed by atoms with E-state index in [4.69, 9.17) is 16.3 Å².